The van der Waals surface area contributed by atoms with E-state index in [1.54, 1.807) is 6.07 Å². The van der Waals surface area contributed by atoms with Gasteiger partial charge in [-0.3, -0.25) is 9.59 Å². The number of anilines is 1. The van der Waals surface area contributed by atoms with Crippen molar-refractivity contribution in [1.82, 2.24) is 5.32 Å². The molecule has 162 valence electrons. The van der Waals surface area contributed by atoms with E-state index in [9.17, 15) is 22.8 Å². The van der Waals surface area contributed by atoms with Crippen LogP contribution in [0.5, 0.6) is 11.5 Å². The van der Waals surface area contributed by atoms with Crippen molar-refractivity contribution >= 4 is 17.5 Å². The van der Waals surface area contributed by atoms with Gasteiger partial charge >= 0.3 is 0 Å². The number of hydrogen-bond acceptors (Lipinski definition) is 4. The fourth-order valence-corrected chi connectivity index (χ4v) is 2.41. The lowest BCUT2D eigenvalue weighted by atomic mass is 10.1. The van der Waals surface area contributed by atoms with Gasteiger partial charge in [0.15, 0.2) is 29.0 Å². The highest BCUT2D eigenvalue weighted by molar-refractivity contribution is 5.99. The molecule has 0 aliphatic rings. The van der Waals surface area contributed by atoms with Crippen molar-refractivity contribution in [3.8, 4) is 11.5 Å². The molecule has 0 aliphatic carbocycles. The molecule has 2 aromatic carbocycles. The maximum Gasteiger partial charge on any atom is 0.251 e. The third-order valence-electron chi connectivity index (χ3n) is 4.10. The summed E-state index contributed by atoms with van der Waals surface area (Å²) in [6.07, 6.45) is 0.860. The van der Waals surface area contributed by atoms with Crippen molar-refractivity contribution in [2.24, 2.45) is 5.92 Å². The molecule has 0 bridgehead atoms. The van der Waals surface area contributed by atoms with Crippen molar-refractivity contribution in [3.63, 3.8) is 0 Å². The Labute approximate surface area is 172 Å². The Bertz CT molecular complexity index is 919. The number of methoxy groups -OCH3 is 1. The molecule has 30 heavy (non-hydrogen) atoms. The number of carbonyl (C=O) groups is 2. The van der Waals surface area contributed by atoms with Gasteiger partial charge < -0.3 is 20.1 Å². The van der Waals surface area contributed by atoms with Gasteiger partial charge in [-0.1, -0.05) is 13.8 Å². The van der Waals surface area contributed by atoms with E-state index in [0.29, 0.717) is 30.1 Å². The summed E-state index contributed by atoms with van der Waals surface area (Å²) >= 11 is 0. The zero-order valence-electron chi connectivity index (χ0n) is 16.9. The maximum absolute atomic E-state index is 13.6. The van der Waals surface area contributed by atoms with Crippen LogP contribution < -0.4 is 20.1 Å². The summed E-state index contributed by atoms with van der Waals surface area (Å²) < 4.78 is 50.6. The first-order valence-corrected chi connectivity index (χ1v) is 9.25. The molecule has 9 heteroatoms. The monoisotopic (exact) mass is 424 g/mol. The van der Waals surface area contributed by atoms with Gasteiger partial charge in [-0.2, -0.15) is 0 Å². The average molecular weight is 424 g/mol. The maximum atomic E-state index is 13.6. The molecule has 0 saturated carbocycles. The lowest BCUT2D eigenvalue weighted by Crippen LogP contribution is -2.33. The molecule has 2 rings (SSSR count). The van der Waals surface area contributed by atoms with Crippen molar-refractivity contribution < 1.29 is 32.2 Å². The minimum absolute atomic E-state index is 0.217. The molecule has 0 heterocycles. The van der Waals surface area contributed by atoms with Gasteiger partial charge in [-0.25, -0.2) is 13.2 Å². The summed E-state index contributed by atoms with van der Waals surface area (Å²) in [4.78, 5) is 24.2. The summed E-state index contributed by atoms with van der Waals surface area (Å²) in [5.74, 6) is -4.65. The van der Waals surface area contributed by atoms with Crippen LogP contribution in [0.25, 0.3) is 0 Å². The highest BCUT2D eigenvalue weighted by Gasteiger charge is 2.16. The number of nitrogens with one attached hydrogen (secondary N) is 2. The van der Waals surface area contributed by atoms with Crippen LogP contribution in [0.1, 0.15) is 30.6 Å². The first-order chi connectivity index (χ1) is 14.2. The van der Waals surface area contributed by atoms with Crippen LogP contribution in [0.15, 0.2) is 30.3 Å². The Morgan fingerprint density at radius 3 is 2.43 bits per heavy atom. The molecule has 0 radical (unpaired) electrons. The molecule has 2 N–H and O–H groups in total. The van der Waals surface area contributed by atoms with E-state index in [2.05, 4.69) is 24.5 Å². The topological polar surface area (TPSA) is 76.7 Å². The fourth-order valence-electron chi connectivity index (χ4n) is 2.41. The number of benzene rings is 2. The van der Waals surface area contributed by atoms with E-state index in [-0.39, 0.29) is 5.56 Å². The minimum Gasteiger partial charge on any atom is -0.493 e. The molecule has 0 saturated heterocycles. The van der Waals surface area contributed by atoms with Gasteiger partial charge in [0, 0.05) is 5.56 Å². The molecule has 0 fully saturated rings. The lowest BCUT2D eigenvalue weighted by Gasteiger charge is -2.13. The van der Waals surface area contributed by atoms with Gasteiger partial charge in [0.2, 0.25) is 5.91 Å². The number of rotatable bonds is 9. The van der Waals surface area contributed by atoms with Crippen LogP contribution >= 0.6 is 0 Å². The molecule has 6 nitrogen and oxygen atoms in total. The first-order valence-electron chi connectivity index (χ1n) is 9.25. The number of amides is 2. The number of hydrogen-bond donors (Lipinski definition) is 2. The van der Waals surface area contributed by atoms with Crippen LogP contribution in [0, 0.1) is 23.4 Å². The van der Waals surface area contributed by atoms with E-state index in [4.69, 9.17) is 9.47 Å². The van der Waals surface area contributed by atoms with Crippen molar-refractivity contribution in [1.29, 1.82) is 0 Å². The zero-order chi connectivity index (χ0) is 22.3. The summed E-state index contributed by atoms with van der Waals surface area (Å²) in [7, 11) is 1.44. The van der Waals surface area contributed by atoms with Gasteiger partial charge in [0.25, 0.3) is 5.91 Å². The van der Waals surface area contributed by atoms with E-state index >= 15 is 0 Å². The van der Waals surface area contributed by atoms with Gasteiger partial charge in [-0.05, 0) is 42.7 Å². The number of ether oxygens (including phenoxy) is 2. The number of carbonyl (C=O) groups excluding carboxylic acids is 2. The Balaban J connectivity index is 1.95. The minimum atomic E-state index is -1.69. The normalized spacial score (nSPS) is 10.6. The van der Waals surface area contributed by atoms with E-state index in [0.717, 1.165) is 12.5 Å². The third-order valence-corrected chi connectivity index (χ3v) is 4.10. The summed E-state index contributed by atoms with van der Waals surface area (Å²) in [6.45, 7) is 4.14. The third kappa shape index (κ3) is 6.13. The molecular weight excluding hydrogens is 401 g/mol. The van der Waals surface area contributed by atoms with Crippen LogP contribution in [-0.4, -0.2) is 32.1 Å². The van der Waals surface area contributed by atoms with Crippen molar-refractivity contribution in [2.75, 3.05) is 25.6 Å². The molecule has 0 aromatic heterocycles. The summed E-state index contributed by atoms with van der Waals surface area (Å²) in [5, 5.41) is 4.42. The SMILES string of the molecule is COc1cc(C(=O)NCC(=O)Nc2ccc(F)c(F)c2F)ccc1OCCC(C)C. The summed E-state index contributed by atoms with van der Waals surface area (Å²) in [5.41, 5.74) is -0.312. The predicted octanol–water partition coefficient (Wildman–Crippen LogP) is 3.91. The Morgan fingerprint density at radius 2 is 1.77 bits per heavy atom. The standard InChI is InChI=1S/C21H23F3N2O4/c1-12(2)8-9-30-16-7-4-13(10-17(16)29-3)21(28)25-11-18(27)26-15-6-5-14(22)19(23)20(15)24/h4-7,10,12H,8-9,11H2,1-3H3,(H,25,28)(H,26,27). The smallest absolute Gasteiger partial charge is 0.251 e. The molecule has 2 aromatic rings. The average Bonchev–Trinajstić information content (AvgIpc) is 2.72. The van der Waals surface area contributed by atoms with Gasteiger partial charge in [0.05, 0.1) is 25.9 Å². The Hall–Kier alpha value is -3.23. The van der Waals surface area contributed by atoms with Crippen LogP contribution in [0.4, 0.5) is 18.9 Å². The van der Waals surface area contributed by atoms with Gasteiger partial charge in [-0.15, -0.1) is 0 Å². The van der Waals surface area contributed by atoms with Crippen LogP contribution in [0.3, 0.4) is 0 Å². The number of halogens is 3. The molecule has 0 unspecified atom stereocenters. The van der Waals surface area contributed by atoms with Crippen LogP contribution in [0.2, 0.25) is 0 Å². The molecule has 0 atom stereocenters. The van der Waals surface area contributed by atoms with Crippen LogP contribution in [-0.2, 0) is 4.79 Å². The second-order valence-electron chi connectivity index (χ2n) is 6.85. The van der Waals surface area contributed by atoms with Gasteiger partial charge in [0.1, 0.15) is 0 Å². The Kier molecular flexibility index (Phi) is 8.08. The van der Waals surface area contributed by atoms with Crippen molar-refractivity contribution in [2.45, 2.75) is 20.3 Å². The molecular formula is C21H23F3N2O4. The summed E-state index contributed by atoms with van der Waals surface area (Å²) in [6, 6.07) is 6.13. The molecule has 0 spiro atoms. The molecule has 0 aliphatic heterocycles. The highest BCUT2D eigenvalue weighted by Crippen LogP contribution is 2.28. The second-order valence-corrected chi connectivity index (χ2v) is 6.85. The zero-order valence-corrected chi connectivity index (χ0v) is 16.9. The first kappa shape index (κ1) is 23.1. The Morgan fingerprint density at radius 1 is 1.03 bits per heavy atom. The second kappa shape index (κ2) is 10.5. The molecule has 2 amide bonds. The van der Waals surface area contributed by atoms with Crippen molar-refractivity contribution in [3.05, 3.63) is 53.3 Å². The lowest BCUT2D eigenvalue weighted by molar-refractivity contribution is -0.115. The largest absolute Gasteiger partial charge is 0.493 e. The van der Waals surface area contributed by atoms with E-state index in [1.807, 2.05) is 0 Å². The highest BCUT2D eigenvalue weighted by atomic mass is 19.2. The van der Waals surface area contributed by atoms with E-state index < -0.39 is 41.5 Å². The van der Waals surface area contributed by atoms with E-state index in [1.165, 1.54) is 19.2 Å². The fraction of sp³-hybridized carbons (Fsp3) is 0.333. The predicted molar refractivity (Wildman–Crippen MR) is 105 cm³/mol. The quantitative estimate of drug-likeness (QED) is 0.599.